The third-order valence-corrected chi connectivity index (χ3v) is 7.96. The Labute approximate surface area is 270 Å². The lowest BCUT2D eigenvalue weighted by molar-refractivity contribution is -0.137. The number of nitrogens with zero attached hydrogens (tertiary/aromatic N) is 6. The van der Waals surface area contributed by atoms with Crippen LogP contribution < -0.4 is 5.32 Å². The number of unbranched alkanes of at least 4 members (excludes halogenated alkanes) is 8. The molecule has 0 aliphatic carbocycles. The van der Waals surface area contributed by atoms with E-state index in [2.05, 4.69) is 47.2 Å². The molecule has 248 valence electrons. The van der Waals surface area contributed by atoms with Crippen molar-refractivity contribution in [2.75, 3.05) is 11.9 Å². The van der Waals surface area contributed by atoms with Crippen LogP contribution in [0.5, 0.6) is 0 Å². The number of fused-ring (bicyclic) bond motifs is 1. The van der Waals surface area contributed by atoms with Gasteiger partial charge in [0.25, 0.3) is 0 Å². The highest BCUT2D eigenvalue weighted by molar-refractivity contribution is 5.99. The molecule has 11 heteroatoms. The lowest BCUT2D eigenvalue weighted by Crippen LogP contribution is -2.08. The summed E-state index contributed by atoms with van der Waals surface area (Å²) < 4.78 is 50.0. The smallest absolute Gasteiger partial charge is 0.361 e. The zero-order valence-corrected chi connectivity index (χ0v) is 27.7. The molecular weight excluding hydrogens is 591 g/mol. The summed E-state index contributed by atoms with van der Waals surface area (Å²) in [6.07, 6.45) is 13.6. The number of pyridine rings is 2. The fourth-order valence-corrected chi connectivity index (χ4v) is 5.63. The molecule has 0 bridgehead atoms. The molecule has 0 aliphatic rings. The lowest BCUT2D eigenvalue weighted by Gasteiger charge is -2.17. The van der Waals surface area contributed by atoms with Crippen LogP contribution >= 0.6 is 0 Å². The minimum absolute atomic E-state index is 0.159. The topological polar surface area (TPSA) is 93.6 Å². The van der Waals surface area contributed by atoms with E-state index in [9.17, 15) is 18.4 Å². The Morgan fingerprint density at radius 1 is 0.935 bits per heavy atom. The summed E-state index contributed by atoms with van der Waals surface area (Å²) in [7, 11) is 1.43. The van der Waals surface area contributed by atoms with Crippen molar-refractivity contribution in [2.24, 2.45) is 12.5 Å². The summed E-state index contributed by atoms with van der Waals surface area (Å²) in [4.78, 5) is 8.95. The molecule has 0 saturated carbocycles. The van der Waals surface area contributed by atoms with Gasteiger partial charge in [-0.25, -0.2) is 4.98 Å². The molecule has 4 aromatic rings. The zero-order chi connectivity index (χ0) is 33.3. The Morgan fingerprint density at radius 3 is 2.24 bits per heavy atom. The minimum atomic E-state index is -4.60. The maximum absolute atomic E-state index is 13.7. The van der Waals surface area contributed by atoms with Gasteiger partial charge in [0.1, 0.15) is 29.8 Å². The monoisotopic (exact) mass is 637 g/mol. The highest BCUT2D eigenvalue weighted by Crippen LogP contribution is 2.38. The number of anilines is 2. The molecule has 4 aromatic heterocycles. The molecule has 0 unspecified atom stereocenters. The first-order valence-electron chi connectivity index (χ1n) is 16.2. The summed E-state index contributed by atoms with van der Waals surface area (Å²) in [6.45, 7) is 9.52. The molecule has 8 nitrogen and oxygen atoms in total. The second-order valence-electron chi connectivity index (χ2n) is 13.3. The molecule has 46 heavy (non-hydrogen) atoms. The molecule has 0 aromatic carbocycles. The first-order chi connectivity index (χ1) is 21.9. The van der Waals surface area contributed by atoms with Crippen LogP contribution in [0.4, 0.5) is 24.8 Å². The summed E-state index contributed by atoms with van der Waals surface area (Å²) in [5.74, 6) is -0.197. The van der Waals surface area contributed by atoms with Crippen LogP contribution in [0.2, 0.25) is 0 Å². The van der Waals surface area contributed by atoms with Crippen molar-refractivity contribution in [1.82, 2.24) is 24.3 Å². The number of alkyl halides is 3. The van der Waals surface area contributed by atoms with Gasteiger partial charge in [-0.2, -0.15) is 23.5 Å². The molecular formula is C35H46F3N7O. The van der Waals surface area contributed by atoms with E-state index in [1.807, 2.05) is 13.0 Å². The van der Waals surface area contributed by atoms with E-state index in [1.165, 1.54) is 58.4 Å². The van der Waals surface area contributed by atoms with Gasteiger partial charge in [-0.05, 0) is 48.4 Å². The van der Waals surface area contributed by atoms with Crippen LogP contribution in [-0.2, 0) is 24.7 Å². The number of ether oxygens (including phenoxy) is 1. The Balaban J connectivity index is 1.42. The standard InChI is InChI=1S/C35H46F3N7O/c1-25-17-26(21-40-20-25)28-18-30(41-32-29(35(36,37)38)23-44(5)43-32)42-33-31(28)27(19-39)22-45(33)24-46-16-14-12-10-8-6-7-9-11-13-15-34(2,3)4/h17-18,20-23H,6-16,24H2,1-5H3,(H,41,42,43). The number of aromatic nitrogens is 5. The Kier molecular flexibility index (Phi) is 11.8. The van der Waals surface area contributed by atoms with Crippen molar-refractivity contribution in [3.05, 3.63) is 53.6 Å². The van der Waals surface area contributed by atoms with Crippen molar-refractivity contribution in [3.63, 3.8) is 0 Å². The largest absolute Gasteiger partial charge is 0.421 e. The predicted molar refractivity (Wildman–Crippen MR) is 175 cm³/mol. The molecule has 0 saturated heterocycles. The van der Waals surface area contributed by atoms with Gasteiger partial charge in [-0.3, -0.25) is 9.67 Å². The Morgan fingerprint density at radius 2 is 1.61 bits per heavy atom. The quantitative estimate of drug-likeness (QED) is 0.123. The summed E-state index contributed by atoms with van der Waals surface area (Å²) in [6, 6.07) is 5.79. The maximum Gasteiger partial charge on any atom is 0.421 e. The van der Waals surface area contributed by atoms with Crippen molar-refractivity contribution in [1.29, 1.82) is 5.26 Å². The van der Waals surface area contributed by atoms with Gasteiger partial charge in [0.2, 0.25) is 0 Å². The number of hydrogen-bond acceptors (Lipinski definition) is 6. The maximum atomic E-state index is 13.7. The van der Waals surface area contributed by atoms with Crippen LogP contribution in [0.15, 0.2) is 36.9 Å². The van der Waals surface area contributed by atoms with E-state index in [0.29, 0.717) is 39.7 Å². The number of hydrogen-bond donors (Lipinski definition) is 1. The van der Waals surface area contributed by atoms with Gasteiger partial charge in [0.05, 0.1) is 5.56 Å². The zero-order valence-electron chi connectivity index (χ0n) is 27.7. The van der Waals surface area contributed by atoms with Crippen molar-refractivity contribution >= 4 is 22.7 Å². The van der Waals surface area contributed by atoms with E-state index in [1.54, 1.807) is 29.2 Å². The van der Waals surface area contributed by atoms with E-state index in [4.69, 9.17) is 4.74 Å². The fraction of sp³-hybridized carbons (Fsp3) is 0.543. The van der Waals surface area contributed by atoms with Crippen LogP contribution in [-0.4, -0.2) is 30.9 Å². The first kappa shape index (κ1) is 35.0. The molecule has 0 radical (unpaired) electrons. The number of rotatable bonds is 16. The predicted octanol–water partition coefficient (Wildman–Crippen LogP) is 9.70. The first-order valence-corrected chi connectivity index (χ1v) is 16.2. The second kappa shape index (κ2) is 15.6. The summed E-state index contributed by atoms with van der Waals surface area (Å²) in [5, 5.41) is 17.3. The normalized spacial score (nSPS) is 12.2. The van der Waals surface area contributed by atoms with Crippen molar-refractivity contribution in [3.8, 4) is 17.2 Å². The number of nitrogens with one attached hydrogen (secondary N) is 1. The molecule has 4 rings (SSSR count). The minimum Gasteiger partial charge on any atom is -0.361 e. The number of aryl methyl sites for hydroxylation is 2. The van der Waals surface area contributed by atoms with E-state index < -0.39 is 11.7 Å². The molecule has 4 heterocycles. The molecule has 0 atom stereocenters. The fourth-order valence-electron chi connectivity index (χ4n) is 5.63. The van der Waals surface area contributed by atoms with Crippen LogP contribution in [0, 0.1) is 23.7 Å². The third-order valence-electron chi connectivity index (χ3n) is 7.96. The van der Waals surface area contributed by atoms with Crippen LogP contribution in [0.25, 0.3) is 22.2 Å². The average molecular weight is 638 g/mol. The molecule has 0 aliphatic heterocycles. The highest BCUT2D eigenvalue weighted by Gasteiger charge is 2.36. The van der Waals surface area contributed by atoms with Crippen molar-refractivity contribution < 1.29 is 17.9 Å². The summed E-state index contributed by atoms with van der Waals surface area (Å²) >= 11 is 0. The van der Waals surface area contributed by atoms with Gasteiger partial charge in [-0.1, -0.05) is 72.1 Å². The van der Waals surface area contributed by atoms with Crippen LogP contribution in [0.1, 0.15) is 102 Å². The van der Waals surface area contributed by atoms with Gasteiger partial charge in [-0.15, -0.1) is 0 Å². The average Bonchev–Trinajstić information content (AvgIpc) is 3.54. The second-order valence-corrected chi connectivity index (χ2v) is 13.3. The molecule has 1 N–H and O–H groups in total. The molecule has 0 amide bonds. The third kappa shape index (κ3) is 9.79. The van der Waals surface area contributed by atoms with E-state index >= 15 is 0 Å². The SMILES string of the molecule is Cc1cncc(-c2cc(Nc3nn(C)cc3C(F)(F)F)nc3c2c(C#N)cn3COCCCCCCCCCCCC(C)(C)C)c1. The Hall–Kier alpha value is -3.91. The summed E-state index contributed by atoms with van der Waals surface area (Å²) in [5.41, 5.74) is 2.58. The Bertz CT molecular complexity index is 1630. The number of halogens is 3. The van der Waals surface area contributed by atoms with Gasteiger partial charge in [0.15, 0.2) is 5.82 Å². The van der Waals surface area contributed by atoms with Gasteiger partial charge in [0, 0.05) is 49.4 Å². The lowest BCUT2D eigenvalue weighted by atomic mass is 9.89. The van der Waals surface area contributed by atoms with E-state index in [0.717, 1.165) is 29.3 Å². The van der Waals surface area contributed by atoms with E-state index in [-0.39, 0.29) is 18.4 Å². The molecule has 0 spiro atoms. The van der Waals surface area contributed by atoms with Crippen molar-refractivity contribution in [2.45, 2.75) is 105 Å². The highest BCUT2D eigenvalue weighted by atomic mass is 19.4. The van der Waals surface area contributed by atoms with Gasteiger partial charge >= 0.3 is 6.18 Å². The van der Waals surface area contributed by atoms with Crippen LogP contribution in [0.3, 0.4) is 0 Å². The molecule has 0 fully saturated rings. The number of nitriles is 1. The van der Waals surface area contributed by atoms with Gasteiger partial charge < -0.3 is 14.6 Å².